The lowest BCUT2D eigenvalue weighted by molar-refractivity contribution is -0.218. The molecular weight excluding hydrogens is 216 g/mol. The predicted octanol–water partition coefficient (Wildman–Crippen LogP) is 1.74. The zero-order chi connectivity index (χ0) is 11.7. The molecule has 92 valence electrons. The third-order valence-electron chi connectivity index (χ3n) is 3.94. The Labute approximate surface area is 101 Å². The summed E-state index contributed by atoms with van der Waals surface area (Å²) in [6, 6.07) is 10.2. The van der Waals surface area contributed by atoms with E-state index in [-0.39, 0.29) is 17.6 Å². The maximum atomic E-state index is 9.72. The molecule has 0 amide bonds. The highest BCUT2D eigenvalue weighted by atomic mass is 16.5. The minimum atomic E-state index is -0.288. The van der Waals surface area contributed by atoms with Crippen LogP contribution in [0.25, 0.3) is 0 Å². The summed E-state index contributed by atoms with van der Waals surface area (Å²) in [5.41, 5.74) is 1.29. The second-order valence-electron chi connectivity index (χ2n) is 5.18. The van der Waals surface area contributed by atoms with E-state index in [4.69, 9.17) is 9.47 Å². The average molecular weight is 234 g/mol. The Morgan fingerprint density at radius 1 is 1.35 bits per heavy atom. The van der Waals surface area contributed by atoms with Crippen molar-refractivity contribution in [3.8, 4) is 0 Å². The zero-order valence-electron chi connectivity index (χ0n) is 9.84. The van der Waals surface area contributed by atoms with E-state index in [1.807, 2.05) is 18.2 Å². The monoisotopic (exact) mass is 234 g/mol. The van der Waals surface area contributed by atoms with Crippen molar-refractivity contribution in [2.24, 2.45) is 5.41 Å². The summed E-state index contributed by atoms with van der Waals surface area (Å²) in [6.45, 7) is 2.08. The van der Waals surface area contributed by atoms with Gasteiger partial charge in [0.25, 0.3) is 0 Å². The lowest BCUT2D eigenvalue weighted by Gasteiger charge is -2.45. The van der Waals surface area contributed by atoms with Gasteiger partial charge in [-0.15, -0.1) is 0 Å². The molecule has 0 aromatic heterocycles. The highest BCUT2D eigenvalue weighted by molar-refractivity contribution is 5.13. The van der Waals surface area contributed by atoms with E-state index in [0.717, 1.165) is 19.4 Å². The molecule has 0 spiro atoms. The van der Waals surface area contributed by atoms with Crippen molar-refractivity contribution in [1.29, 1.82) is 0 Å². The smallest absolute Gasteiger partial charge is 0.0934 e. The molecule has 2 aliphatic rings. The van der Waals surface area contributed by atoms with E-state index in [9.17, 15) is 5.11 Å². The normalized spacial score (nSPS) is 35.4. The number of fused-ring (bicyclic) bond motifs is 1. The van der Waals surface area contributed by atoms with Gasteiger partial charge in [0.15, 0.2) is 0 Å². The minimum Gasteiger partial charge on any atom is -0.390 e. The SMILES string of the molecule is OC1CCC2(COCc3ccccc3)COC12. The lowest BCUT2D eigenvalue weighted by Crippen LogP contribution is -2.54. The third kappa shape index (κ3) is 1.99. The van der Waals surface area contributed by atoms with Gasteiger partial charge in [0.1, 0.15) is 0 Å². The molecule has 1 saturated carbocycles. The van der Waals surface area contributed by atoms with Crippen LogP contribution in [0.4, 0.5) is 0 Å². The van der Waals surface area contributed by atoms with Gasteiger partial charge >= 0.3 is 0 Å². The first-order valence-electron chi connectivity index (χ1n) is 6.22. The summed E-state index contributed by atoms with van der Waals surface area (Å²) < 4.78 is 11.2. The van der Waals surface area contributed by atoms with Gasteiger partial charge in [-0.3, -0.25) is 0 Å². The molecule has 1 aromatic carbocycles. The molecule has 17 heavy (non-hydrogen) atoms. The first-order chi connectivity index (χ1) is 8.30. The number of hydrogen-bond acceptors (Lipinski definition) is 3. The molecule has 1 N–H and O–H groups in total. The molecule has 3 rings (SSSR count). The highest BCUT2D eigenvalue weighted by Gasteiger charge is 2.56. The van der Waals surface area contributed by atoms with E-state index >= 15 is 0 Å². The molecule has 3 nitrogen and oxygen atoms in total. The Bertz CT molecular complexity index is 378. The van der Waals surface area contributed by atoms with Crippen LogP contribution in [0.3, 0.4) is 0 Å². The van der Waals surface area contributed by atoms with Crippen LogP contribution >= 0.6 is 0 Å². The van der Waals surface area contributed by atoms with Crippen LogP contribution in [0.5, 0.6) is 0 Å². The number of aliphatic hydroxyl groups is 1. The fourth-order valence-electron chi connectivity index (χ4n) is 2.88. The summed E-state index contributed by atoms with van der Waals surface area (Å²) in [7, 11) is 0. The van der Waals surface area contributed by atoms with Crippen molar-refractivity contribution in [2.75, 3.05) is 13.2 Å². The zero-order valence-corrected chi connectivity index (χ0v) is 9.84. The number of rotatable bonds is 4. The average Bonchev–Trinajstić information content (AvgIpc) is 2.53. The lowest BCUT2D eigenvalue weighted by atomic mass is 9.81. The van der Waals surface area contributed by atoms with Gasteiger partial charge in [-0.25, -0.2) is 0 Å². The van der Waals surface area contributed by atoms with Gasteiger partial charge in [0, 0.05) is 5.41 Å². The van der Waals surface area contributed by atoms with Crippen molar-refractivity contribution in [1.82, 2.24) is 0 Å². The Balaban J connectivity index is 1.52. The Hall–Kier alpha value is -0.900. The molecule has 3 heteroatoms. The minimum absolute atomic E-state index is 0.0123. The van der Waals surface area contributed by atoms with Crippen LogP contribution in [-0.4, -0.2) is 30.5 Å². The van der Waals surface area contributed by atoms with Crippen LogP contribution in [-0.2, 0) is 16.1 Å². The first-order valence-corrected chi connectivity index (χ1v) is 6.22. The van der Waals surface area contributed by atoms with Crippen molar-refractivity contribution in [3.63, 3.8) is 0 Å². The van der Waals surface area contributed by atoms with Gasteiger partial charge in [0.2, 0.25) is 0 Å². The van der Waals surface area contributed by atoms with E-state index in [2.05, 4.69) is 12.1 Å². The van der Waals surface area contributed by atoms with Crippen LogP contribution in [0.2, 0.25) is 0 Å². The van der Waals surface area contributed by atoms with Gasteiger partial charge in [-0.05, 0) is 18.4 Å². The fraction of sp³-hybridized carbons (Fsp3) is 0.571. The van der Waals surface area contributed by atoms with Gasteiger partial charge in [-0.2, -0.15) is 0 Å². The van der Waals surface area contributed by atoms with E-state index in [1.54, 1.807) is 0 Å². The van der Waals surface area contributed by atoms with Crippen molar-refractivity contribution in [3.05, 3.63) is 35.9 Å². The van der Waals surface area contributed by atoms with E-state index in [1.165, 1.54) is 5.56 Å². The van der Waals surface area contributed by atoms with Gasteiger partial charge in [-0.1, -0.05) is 30.3 Å². The molecule has 3 atom stereocenters. The van der Waals surface area contributed by atoms with Gasteiger partial charge < -0.3 is 14.6 Å². The molecule has 0 bridgehead atoms. The number of hydrogen-bond donors (Lipinski definition) is 1. The third-order valence-corrected chi connectivity index (χ3v) is 3.94. The molecular formula is C14H18O3. The quantitative estimate of drug-likeness (QED) is 0.862. The molecule has 1 saturated heterocycles. The van der Waals surface area contributed by atoms with Crippen LogP contribution in [0.1, 0.15) is 18.4 Å². The molecule has 0 radical (unpaired) electrons. The summed E-state index contributed by atoms with van der Waals surface area (Å²) in [5, 5.41) is 9.72. The van der Waals surface area contributed by atoms with Crippen LogP contribution in [0, 0.1) is 5.41 Å². The number of aliphatic hydroxyl groups excluding tert-OH is 1. The van der Waals surface area contributed by atoms with Crippen molar-refractivity contribution in [2.45, 2.75) is 31.7 Å². The topological polar surface area (TPSA) is 38.7 Å². The Kier molecular flexibility index (Phi) is 2.90. The molecule has 2 fully saturated rings. The second kappa shape index (κ2) is 4.41. The predicted molar refractivity (Wildman–Crippen MR) is 63.5 cm³/mol. The Morgan fingerprint density at radius 2 is 2.18 bits per heavy atom. The van der Waals surface area contributed by atoms with E-state index < -0.39 is 0 Å². The maximum Gasteiger partial charge on any atom is 0.0934 e. The molecule has 3 unspecified atom stereocenters. The van der Waals surface area contributed by atoms with Gasteiger partial charge in [0.05, 0.1) is 32.0 Å². The van der Waals surface area contributed by atoms with Crippen LogP contribution in [0.15, 0.2) is 30.3 Å². The summed E-state index contributed by atoms with van der Waals surface area (Å²) in [5.74, 6) is 0. The van der Waals surface area contributed by atoms with Crippen molar-refractivity contribution >= 4 is 0 Å². The molecule has 1 aromatic rings. The highest BCUT2D eigenvalue weighted by Crippen LogP contribution is 2.48. The second-order valence-corrected chi connectivity index (χ2v) is 5.18. The summed E-state index contributed by atoms with van der Waals surface area (Å²) >= 11 is 0. The fourth-order valence-corrected chi connectivity index (χ4v) is 2.88. The summed E-state index contributed by atoms with van der Waals surface area (Å²) in [4.78, 5) is 0. The summed E-state index contributed by atoms with van der Waals surface area (Å²) in [6.07, 6.45) is 1.59. The standard InChI is InChI=1S/C14H18O3/c15-12-6-7-14(10-17-13(12)14)9-16-8-11-4-2-1-3-5-11/h1-5,12-13,15H,6-10H2. The Morgan fingerprint density at radius 3 is 2.82 bits per heavy atom. The largest absolute Gasteiger partial charge is 0.390 e. The molecule has 1 aliphatic heterocycles. The van der Waals surface area contributed by atoms with Crippen molar-refractivity contribution < 1.29 is 14.6 Å². The maximum absolute atomic E-state index is 9.72. The molecule has 1 heterocycles. The molecule has 1 aliphatic carbocycles. The number of benzene rings is 1. The number of ether oxygens (including phenoxy) is 2. The first kappa shape index (κ1) is 11.2. The van der Waals surface area contributed by atoms with E-state index in [0.29, 0.717) is 13.2 Å². The van der Waals surface area contributed by atoms with Crippen LogP contribution < -0.4 is 0 Å².